The van der Waals surface area contributed by atoms with E-state index in [4.69, 9.17) is 23.2 Å². The molecule has 2 aromatic heterocycles. The van der Waals surface area contributed by atoms with Crippen molar-refractivity contribution in [3.05, 3.63) is 124 Å². The predicted molar refractivity (Wildman–Crippen MR) is 135 cm³/mol. The molecule has 164 valence electrons. The minimum Gasteiger partial charge on any atom is -0.268 e. The molecule has 0 radical (unpaired) electrons. The lowest BCUT2D eigenvalue weighted by Crippen LogP contribution is -2.23. The monoisotopic (exact) mass is 486 g/mol. The van der Waals surface area contributed by atoms with Crippen LogP contribution in [0.5, 0.6) is 0 Å². The molecule has 34 heavy (non-hydrogen) atoms. The van der Waals surface area contributed by atoms with Crippen LogP contribution >= 0.6 is 23.2 Å². The first kappa shape index (κ1) is 20.6. The van der Waals surface area contributed by atoms with Gasteiger partial charge < -0.3 is 0 Å². The molecule has 0 aliphatic carbocycles. The molecule has 0 N–H and O–H groups in total. The van der Waals surface area contributed by atoms with E-state index in [2.05, 4.69) is 0 Å². The molecule has 0 amide bonds. The van der Waals surface area contributed by atoms with Crippen LogP contribution in [-0.4, -0.2) is 9.13 Å². The van der Waals surface area contributed by atoms with Crippen LogP contribution in [0.4, 0.5) is 0 Å². The number of nitrogens with zero attached hydrogens (tertiary/aromatic N) is 2. The Hall–Kier alpha value is -4.00. The molecule has 0 saturated carbocycles. The molecule has 0 fully saturated rings. The standard InChI is InChI=1S/C26H12Cl2N2O4/c27-15-1-5-17(6-2-15)29-23(31)19-9-13-11-21-22(12-14(13)10-20(19)24(29)32)26(34)30(25(21)33)18-7-3-16(28)4-8-18/h1-12H. The molecule has 6 nitrogen and oxygen atoms in total. The zero-order valence-electron chi connectivity index (χ0n) is 17.2. The summed E-state index contributed by atoms with van der Waals surface area (Å²) in [5, 5.41) is 3.08. The van der Waals surface area contributed by atoms with Crippen molar-refractivity contribution in [2.24, 2.45) is 0 Å². The fourth-order valence-electron chi connectivity index (χ4n) is 4.37. The van der Waals surface area contributed by atoms with E-state index in [1.54, 1.807) is 72.8 Å². The van der Waals surface area contributed by atoms with Gasteiger partial charge in [-0.3, -0.25) is 19.2 Å². The summed E-state index contributed by atoms with van der Waals surface area (Å²) in [6.45, 7) is 0. The molecular formula is C26H12Cl2N2O4. The minimum atomic E-state index is -0.463. The fourth-order valence-corrected chi connectivity index (χ4v) is 4.63. The molecule has 0 unspecified atom stereocenters. The quantitative estimate of drug-likeness (QED) is 0.364. The molecule has 0 spiro atoms. The third-order valence-electron chi connectivity index (χ3n) is 6.02. The smallest absolute Gasteiger partial charge is 0.266 e. The highest BCUT2D eigenvalue weighted by atomic mass is 35.5. The van der Waals surface area contributed by atoms with Crippen LogP contribution in [0.3, 0.4) is 0 Å². The summed E-state index contributed by atoms with van der Waals surface area (Å²) in [7, 11) is 0. The van der Waals surface area contributed by atoms with Crippen LogP contribution in [0.2, 0.25) is 10.0 Å². The second kappa shape index (κ2) is 7.25. The number of halogens is 2. The largest absolute Gasteiger partial charge is 0.268 e. The molecule has 0 aliphatic rings. The van der Waals surface area contributed by atoms with Gasteiger partial charge in [-0.2, -0.15) is 0 Å². The van der Waals surface area contributed by atoms with E-state index >= 15 is 0 Å². The Labute approximate surface area is 200 Å². The van der Waals surface area contributed by atoms with Crippen LogP contribution in [0.15, 0.2) is 92.0 Å². The van der Waals surface area contributed by atoms with E-state index in [9.17, 15) is 19.2 Å². The third-order valence-corrected chi connectivity index (χ3v) is 6.52. The van der Waals surface area contributed by atoms with Gasteiger partial charge >= 0.3 is 0 Å². The van der Waals surface area contributed by atoms with Gasteiger partial charge in [0, 0.05) is 10.0 Å². The Morgan fingerprint density at radius 2 is 0.706 bits per heavy atom. The molecule has 2 heterocycles. The summed E-state index contributed by atoms with van der Waals surface area (Å²) in [5.41, 5.74) is -1.04. The number of aromatic nitrogens is 2. The van der Waals surface area contributed by atoms with Crippen LogP contribution in [-0.2, 0) is 0 Å². The molecule has 0 atom stereocenters. The second-order valence-electron chi connectivity index (χ2n) is 7.99. The summed E-state index contributed by atoms with van der Waals surface area (Å²) in [4.78, 5) is 52.3. The molecule has 0 saturated heterocycles. The number of rotatable bonds is 2. The second-order valence-corrected chi connectivity index (χ2v) is 8.86. The number of fused-ring (bicyclic) bond motifs is 3. The maximum absolute atomic E-state index is 13.1. The van der Waals surface area contributed by atoms with Gasteiger partial charge in [0.05, 0.1) is 32.9 Å². The number of hydrogen-bond donors (Lipinski definition) is 0. The zero-order valence-corrected chi connectivity index (χ0v) is 18.7. The Morgan fingerprint density at radius 1 is 0.441 bits per heavy atom. The van der Waals surface area contributed by atoms with E-state index in [1.807, 2.05) is 0 Å². The van der Waals surface area contributed by atoms with Gasteiger partial charge in [-0.25, -0.2) is 9.13 Å². The van der Waals surface area contributed by atoms with Crippen molar-refractivity contribution in [2.75, 3.05) is 0 Å². The summed E-state index contributed by atoms with van der Waals surface area (Å²) in [6, 6.07) is 19.2. The maximum Gasteiger partial charge on any atom is 0.266 e. The molecule has 8 heteroatoms. The van der Waals surface area contributed by atoms with Crippen LogP contribution in [0.1, 0.15) is 0 Å². The van der Waals surface area contributed by atoms with Crippen LogP contribution in [0, 0.1) is 0 Å². The van der Waals surface area contributed by atoms with E-state index in [0.29, 0.717) is 32.2 Å². The Balaban J connectivity index is 1.64. The normalized spacial score (nSPS) is 11.7. The topological polar surface area (TPSA) is 78.1 Å². The van der Waals surface area contributed by atoms with Gasteiger partial charge in [0.15, 0.2) is 0 Å². The first-order valence-corrected chi connectivity index (χ1v) is 11.0. The molecule has 0 aliphatic heterocycles. The molecular weight excluding hydrogens is 475 g/mol. The van der Waals surface area contributed by atoms with Crippen molar-refractivity contribution < 1.29 is 0 Å². The van der Waals surface area contributed by atoms with Crippen molar-refractivity contribution in [2.45, 2.75) is 0 Å². The lowest BCUT2D eigenvalue weighted by Gasteiger charge is -1.99. The molecule has 6 aromatic rings. The van der Waals surface area contributed by atoms with Gasteiger partial charge in [-0.05, 0) is 83.6 Å². The predicted octanol–water partition coefficient (Wildman–Crippen LogP) is 4.35. The summed E-state index contributed by atoms with van der Waals surface area (Å²) < 4.78 is 2.18. The minimum absolute atomic E-state index is 0.235. The first-order valence-electron chi connectivity index (χ1n) is 10.2. The van der Waals surface area contributed by atoms with Crippen molar-refractivity contribution in [1.29, 1.82) is 0 Å². The van der Waals surface area contributed by atoms with E-state index in [0.717, 1.165) is 9.13 Å². The Bertz CT molecular complexity index is 1750. The average Bonchev–Trinajstić information content (AvgIpc) is 3.21. The highest BCUT2D eigenvalue weighted by molar-refractivity contribution is 6.30. The van der Waals surface area contributed by atoms with Crippen LogP contribution < -0.4 is 22.2 Å². The van der Waals surface area contributed by atoms with Gasteiger partial charge in [0.1, 0.15) is 0 Å². The Kier molecular flexibility index (Phi) is 4.39. The number of benzene rings is 4. The summed E-state index contributed by atoms with van der Waals surface area (Å²) in [6.07, 6.45) is 0. The van der Waals surface area contributed by atoms with Crippen molar-refractivity contribution >= 4 is 55.5 Å². The van der Waals surface area contributed by atoms with E-state index < -0.39 is 22.2 Å². The highest BCUT2D eigenvalue weighted by Crippen LogP contribution is 2.24. The highest BCUT2D eigenvalue weighted by Gasteiger charge is 2.19. The summed E-state index contributed by atoms with van der Waals surface area (Å²) >= 11 is 11.9. The van der Waals surface area contributed by atoms with Crippen molar-refractivity contribution in [3.8, 4) is 11.4 Å². The SMILES string of the molecule is O=c1c2cc3cc4c(=O)n(-c5ccc(Cl)cc5)c(=O)c4cc3cc2c(=O)n1-c1ccc(Cl)cc1. The molecule has 6 rings (SSSR count). The maximum atomic E-state index is 13.1. The van der Waals surface area contributed by atoms with E-state index in [-0.39, 0.29) is 21.5 Å². The average molecular weight is 487 g/mol. The van der Waals surface area contributed by atoms with Crippen LogP contribution in [0.25, 0.3) is 43.7 Å². The van der Waals surface area contributed by atoms with Crippen molar-refractivity contribution in [3.63, 3.8) is 0 Å². The molecule has 4 aromatic carbocycles. The lowest BCUT2D eigenvalue weighted by atomic mass is 10.0. The summed E-state index contributed by atoms with van der Waals surface area (Å²) in [5.74, 6) is 0. The zero-order chi connectivity index (χ0) is 23.7. The Morgan fingerprint density at radius 3 is 0.971 bits per heavy atom. The number of hydrogen-bond acceptors (Lipinski definition) is 4. The van der Waals surface area contributed by atoms with E-state index in [1.165, 1.54) is 0 Å². The van der Waals surface area contributed by atoms with Crippen molar-refractivity contribution in [1.82, 2.24) is 9.13 Å². The fraction of sp³-hybridized carbons (Fsp3) is 0. The molecule has 0 bridgehead atoms. The third kappa shape index (κ3) is 2.89. The van der Waals surface area contributed by atoms with Gasteiger partial charge in [0.25, 0.3) is 22.2 Å². The van der Waals surface area contributed by atoms with Gasteiger partial charge in [-0.1, -0.05) is 23.2 Å². The lowest BCUT2D eigenvalue weighted by molar-refractivity contribution is 0.991. The first-order chi connectivity index (χ1) is 16.3. The van der Waals surface area contributed by atoms with Gasteiger partial charge in [-0.15, -0.1) is 0 Å². The van der Waals surface area contributed by atoms with Gasteiger partial charge in [0.2, 0.25) is 0 Å².